The van der Waals surface area contributed by atoms with Crippen molar-refractivity contribution >= 4 is 32.9 Å². The van der Waals surface area contributed by atoms with E-state index in [9.17, 15) is 31.2 Å². The lowest BCUT2D eigenvalue weighted by molar-refractivity contribution is -0.139. The Morgan fingerprint density at radius 1 is 1.05 bits per heavy atom. The van der Waals surface area contributed by atoms with Gasteiger partial charge in [-0.15, -0.1) is 0 Å². The highest BCUT2D eigenvalue weighted by atomic mass is 32.2. The second-order valence-corrected chi connectivity index (χ2v) is 11.0. The maximum Gasteiger partial charge on any atom is 0.417 e. The summed E-state index contributed by atoms with van der Waals surface area (Å²) < 4.78 is 64.5. The number of benzene rings is 1. The zero-order chi connectivity index (χ0) is 30.2. The van der Waals surface area contributed by atoms with E-state index in [1.807, 2.05) is 30.3 Å². The number of imidazole rings is 1. The van der Waals surface area contributed by atoms with Crippen LogP contribution in [-0.4, -0.2) is 57.2 Å². The minimum atomic E-state index is -4.54. The quantitative estimate of drug-likeness (QED) is 0.297. The second-order valence-electron chi connectivity index (χ2n) is 8.79. The van der Waals surface area contributed by atoms with E-state index in [-0.39, 0.29) is 52.1 Å². The molecule has 0 unspecified atom stereocenters. The number of nitrogens with one attached hydrogen (secondary N) is 1. The van der Waals surface area contributed by atoms with Gasteiger partial charge in [-0.05, 0) is 30.2 Å². The van der Waals surface area contributed by atoms with Gasteiger partial charge in [0.15, 0.2) is 21.3 Å². The smallest absolute Gasteiger partial charge is 0.417 e. The third kappa shape index (κ3) is 8.33. The third-order valence-electron chi connectivity index (χ3n) is 5.88. The first-order valence-electron chi connectivity index (χ1n) is 12.4. The molecule has 4 aromatic rings. The number of rotatable bonds is 9. The molecule has 0 bridgehead atoms. The number of carboxylic acids is 1. The normalized spacial score (nSPS) is 11.5. The van der Waals surface area contributed by atoms with Crippen molar-refractivity contribution in [2.24, 2.45) is 7.05 Å². The fraction of sp³-hybridized carbons (Fsp3) is 0.296. The van der Waals surface area contributed by atoms with Crippen LogP contribution in [0.25, 0.3) is 22.7 Å². The number of sulfone groups is 1. The largest absolute Gasteiger partial charge is 0.481 e. The van der Waals surface area contributed by atoms with Gasteiger partial charge in [0, 0.05) is 32.4 Å². The molecule has 0 spiro atoms. The lowest BCUT2D eigenvalue weighted by Crippen LogP contribution is -2.25. The molecule has 0 aliphatic rings. The van der Waals surface area contributed by atoms with Crippen LogP contribution in [0.15, 0.2) is 65.8 Å². The number of fused-ring (bicyclic) bond motifs is 1. The van der Waals surface area contributed by atoms with Crippen molar-refractivity contribution in [3.05, 3.63) is 72.1 Å². The van der Waals surface area contributed by atoms with Crippen molar-refractivity contribution in [2.75, 3.05) is 12.3 Å². The number of nitrogens with zero attached hydrogens (tertiary/aromatic N) is 4. The molecular formula is C27H28F3N5O5S. The van der Waals surface area contributed by atoms with E-state index in [0.717, 1.165) is 24.2 Å². The summed E-state index contributed by atoms with van der Waals surface area (Å²) >= 11 is 0. The molecule has 10 nitrogen and oxygen atoms in total. The molecule has 2 N–H and O–H groups in total. The number of aromatic nitrogens is 4. The molecule has 0 saturated heterocycles. The zero-order valence-electron chi connectivity index (χ0n) is 22.2. The van der Waals surface area contributed by atoms with Crippen LogP contribution in [0.4, 0.5) is 13.2 Å². The van der Waals surface area contributed by atoms with Crippen LogP contribution in [0.3, 0.4) is 0 Å². The first kappa shape index (κ1) is 31.2. The molecule has 0 radical (unpaired) electrons. The van der Waals surface area contributed by atoms with Crippen LogP contribution in [0, 0.1) is 0 Å². The van der Waals surface area contributed by atoms with Gasteiger partial charge in [-0.1, -0.05) is 37.3 Å². The molecular weight excluding hydrogens is 563 g/mol. The van der Waals surface area contributed by atoms with Crippen molar-refractivity contribution in [1.29, 1.82) is 0 Å². The topological polar surface area (TPSA) is 144 Å². The average molecular weight is 592 g/mol. The number of hydrogen-bond donors (Lipinski definition) is 2. The fourth-order valence-electron chi connectivity index (χ4n) is 3.71. The number of pyridine rings is 2. The Labute approximate surface area is 234 Å². The Kier molecular flexibility index (Phi) is 10.2. The highest BCUT2D eigenvalue weighted by molar-refractivity contribution is 7.91. The fourth-order valence-corrected chi connectivity index (χ4v) is 4.74. The van der Waals surface area contributed by atoms with Crippen LogP contribution in [0.2, 0.25) is 0 Å². The van der Waals surface area contributed by atoms with Gasteiger partial charge in [-0.25, -0.2) is 18.4 Å². The summed E-state index contributed by atoms with van der Waals surface area (Å²) in [5.74, 6) is -1.16. The molecule has 0 atom stereocenters. The number of aliphatic carboxylic acids is 1. The number of hydrogen-bond acceptors (Lipinski definition) is 7. The molecule has 0 saturated carbocycles. The molecule has 1 amide bonds. The lowest BCUT2D eigenvalue weighted by Gasteiger charge is -2.08. The van der Waals surface area contributed by atoms with Gasteiger partial charge in [0.05, 0.1) is 22.6 Å². The van der Waals surface area contributed by atoms with Gasteiger partial charge in [-0.2, -0.15) is 13.2 Å². The SMILES string of the molecule is CCS(=O)(=O)c1cccnc1-c1nc2cc(C(F)(F)F)cnc2n1C.O=C(O)CCC(=O)NCCc1ccccc1. The van der Waals surface area contributed by atoms with Gasteiger partial charge in [0.1, 0.15) is 11.2 Å². The Balaban J connectivity index is 0.000000250. The van der Waals surface area contributed by atoms with Gasteiger partial charge >= 0.3 is 12.1 Å². The highest BCUT2D eigenvalue weighted by Crippen LogP contribution is 2.32. The second kappa shape index (κ2) is 13.4. The molecule has 218 valence electrons. The summed E-state index contributed by atoms with van der Waals surface area (Å²) in [6, 6.07) is 13.6. The van der Waals surface area contributed by atoms with Crippen molar-refractivity contribution < 1.29 is 36.3 Å². The molecule has 0 aliphatic carbocycles. The van der Waals surface area contributed by atoms with Crippen LogP contribution >= 0.6 is 0 Å². The number of aryl methyl sites for hydroxylation is 1. The molecule has 41 heavy (non-hydrogen) atoms. The van der Waals surface area contributed by atoms with Crippen molar-refractivity contribution in [1.82, 2.24) is 24.8 Å². The van der Waals surface area contributed by atoms with E-state index in [0.29, 0.717) is 6.54 Å². The Morgan fingerprint density at radius 3 is 2.39 bits per heavy atom. The van der Waals surface area contributed by atoms with E-state index >= 15 is 0 Å². The standard InChI is InChI=1S/C15H13F3N4O2S.C12H15NO3/c1-3-25(23,24)11-5-4-6-19-12(11)14-21-10-7-9(15(16,17)18)8-20-13(10)22(14)2;14-11(6-7-12(15)16)13-9-8-10-4-2-1-3-5-10/h4-8H,3H2,1-2H3;1-5H,6-9H2,(H,13,14)(H,15,16). The van der Waals surface area contributed by atoms with E-state index in [2.05, 4.69) is 20.3 Å². The molecule has 3 aromatic heterocycles. The first-order valence-corrected chi connectivity index (χ1v) is 14.1. The number of alkyl halides is 3. The number of halogens is 3. The molecule has 14 heteroatoms. The molecule has 0 fully saturated rings. The Morgan fingerprint density at radius 2 is 1.76 bits per heavy atom. The monoisotopic (exact) mass is 591 g/mol. The first-order chi connectivity index (χ1) is 19.3. The van der Waals surface area contributed by atoms with Gasteiger partial charge < -0.3 is 15.0 Å². The summed E-state index contributed by atoms with van der Waals surface area (Å²) in [7, 11) is -2.04. The van der Waals surface area contributed by atoms with Crippen LogP contribution in [-0.2, 0) is 39.1 Å². The van der Waals surface area contributed by atoms with E-state index in [4.69, 9.17) is 5.11 Å². The summed E-state index contributed by atoms with van der Waals surface area (Å²) in [6.07, 6.45) is -1.73. The van der Waals surface area contributed by atoms with Crippen LogP contribution in [0.1, 0.15) is 30.9 Å². The maximum atomic E-state index is 12.8. The lowest BCUT2D eigenvalue weighted by atomic mass is 10.1. The molecule has 1 aromatic carbocycles. The maximum absolute atomic E-state index is 12.8. The highest BCUT2D eigenvalue weighted by Gasteiger charge is 2.32. The van der Waals surface area contributed by atoms with Crippen LogP contribution in [0.5, 0.6) is 0 Å². The van der Waals surface area contributed by atoms with Crippen molar-refractivity contribution in [3.63, 3.8) is 0 Å². The van der Waals surface area contributed by atoms with Gasteiger partial charge in [0.2, 0.25) is 5.91 Å². The minimum Gasteiger partial charge on any atom is -0.481 e. The number of amides is 1. The van der Waals surface area contributed by atoms with Gasteiger partial charge in [-0.3, -0.25) is 14.6 Å². The van der Waals surface area contributed by atoms with Crippen molar-refractivity contribution in [2.45, 2.75) is 37.3 Å². The predicted molar refractivity (Wildman–Crippen MR) is 144 cm³/mol. The average Bonchev–Trinajstić information content (AvgIpc) is 3.28. The van der Waals surface area contributed by atoms with Crippen molar-refractivity contribution in [3.8, 4) is 11.5 Å². The zero-order valence-corrected chi connectivity index (χ0v) is 23.0. The number of carbonyl (C=O) groups excluding carboxylic acids is 1. The number of carboxylic acid groups (broad SMARTS) is 1. The predicted octanol–water partition coefficient (Wildman–Crippen LogP) is 4.05. The Bertz CT molecular complexity index is 1620. The minimum absolute atomic E-state index is 0.0119. The Hall–Kier alpha value is -4.33. The molecule has 3 heterocycles. The summed E-state index contributed by atoms with van der Waals surface area (Å²) in [5.41, 5.74) is 0.526. The molecule has 0 aliphatic heterocycles. The third-order valence-corrected chi connectivity index (χ3v) is 7.64. The van der Waals surface area contributed by atoms with E-state index in [1.54, 1.807) is 7.05 Å². The van der Waals surface area contributed by atoms with E-state index < -0.39 is 27.5 Å². The molecule has 4 rings (SSSR count). The summed E-state index contributed by atoms with van der Waals surface area (Å²) in [4.78, 5) is 33.4. The van der Waals surface area contributed by atoms with Gasteiger partial charge in [0.25, 0.3) is 0 Å². The van der Waals surface area contributed by atoms with E-state index in [1.165, 1.54) is 29.8 Å². The number of carbonyl (C=O) groups is 2. The summed E-state index contributed by atoms with van der Waals surface area (Å²) in [6.45, 7) is 2.04. The summed E-state index contributed by atoms with van der Waals surface area (Å²) in [5, 5.41) is 11.1. The van der Waals surface area contributed by atoms with Crippen LogP contribution < -0.4 is 5.32 Å².